The summed E-state index contributed by atoms with van der Waals surface area (Å²) >= 11 is 7.15. The number of hydrogen-bond acceptors (Lipinski definition) is 6. The first-order valence-corrected chi connectivity index (χ1v) is 10.9. The standard InChI is InChI=1S/C22H21ClN4O2S/c1-2-3-4-5-20-26-19(15-6-8-16(23)9-7-15)11-22(29)27(20)14-17(28)10-21-25-13-18(12-24)30-21/h6-9,11,13H,2-5,10,14H2,1H3. The Morgan fingerprint density at radius 3 is 2.70 bits per heavy atom. The minimum Gasteiger partial charge on any atom is -0.297 e. The molecule has 0 bridgehead atoms. The number of halogens is 1. The van der Waals surface area contributed by atoms with Gasteiger partial charge in [-0.3, -0.25) is 14.2 Å². The highest BCUT2D eigenvalue weighted by atomic mass is 35.5. The lowest BCUT2D eigenvalue weighted by molar-refractivity contribution is -0.119. The Kier molecular flexibility index (Phi) is 7.50. The molecule has 3 aromatic rings. The smallest absolute Gasteiger partial charge is 0.254 e. The maximum atomic E-state index is 12.9. The third kappa shape index (κ3) is 5.62. The molecule has 0 saturated carbocycles. The monoisotopic (exact) mass is 440 g/mol. The van der Waals surface area contributed by atoms with Crippen molar-refractivity contribution in [2.75, 3.05) is 0 Å². The minimum absolute atomic E-state index is 0.0599. The van der Waals surface area contributed by atoms with Gasteiger partial charge in [-0.15, -0.1) is 11.3 Å². The molecule has 3 rings (SSSR count). The predicted octanol–water partition coefficient (Wildman–Crippen LogP) is 4.44. The van der Waals surface area contributed by atoms with E-state index in [0.29, 0.717) is 32.8 Å². The van der Waals surface area contributed by atoms with Crippen LogP contribution in [0.2, 0.25) is 5.02 Å². The maximum absolute atomic E-state index is 12.9. The lowest BCUT2D eigenvalue weighted by Crippen LogP contribution is -2.29. The average molecular weight is 441 g/mol. The summed E-state index contributed by atoms with van der Waals surface area (Å²) in [5.41, 5.74) is 1.12. The van der Waals surface area contributed by atoms with Gasteiger partial charge in [-0.25, -0.2) is 9.97 Å². The zero-order valence-electron chi connectivity index (χ0n) is 16.6. The van der Waals surface area contributed by atoms with Crippen LogP contribution in [0.3, 0.4) is 0 Å². The van der Waals surface area contributed by atoms with E-state index in [2.05, 4.69) is 11.9 Å². The Morgan fingerprint density at radius 1 is 1.27 bits per heavy atom. The number of thiazole rings is 1. The van der Waals surface area contributed by atoms with E-state index >= 15 is 0 Å². The van der Waals surface area contributed by atoms with Crippen LogP contribution in [0, 0.1) is 11.3 Å². The normalized spacial score (nSPS) is 10.7. The van der Waals surface area contributed by atoms with Crippen molar-refractivity contribution in [3.8, 4) is 17.3 Å². The first kappa shape index (κ1) is 21.9. The molecule has 154 valence electrons. The summed E-state index contributed by atoms with van der Waals surface area (Å²) in [5, 5.41) is 10.1. The van der Waals surface area contributed by atoms with Gasteiger partial charge in [0.05, 0.1) is 24.9 Å². The fourth-order valence-electron chi connectivity index (χ4n) is 3.06. The number of hydrogen-bond donors (Lipinski definition) is 0. The Morgan fingerprint density at radius 2 is 2.03 bits per heavy atom. The van der Waals surface area contributed by atoms with Gasteiger partial charge in [0.25, 0.3) is 5.56 Å². The first-order valence-electron chi connectivity index (χ1n) is 9.73. The molecule has 8 heteroatoms. The molecule has 1 aromatic carbocycles. The molecule has 0 spiro atoms. The highest BCUT2D eigenvalue weighted by molar-refractivity contribution is 7.12. The molecule has 0 radical (unpaired) electrons. The molecule has 0 atom stereocenters. The highest BCUT2D eigenvalue weighted by Crippen LogP contribution is 2.20. The Hall–Kier alpha value is -2.82. The van der Waals surface area contributed by atoms with Crippen molar-refractivity contribution in [1.82, 2.24) is 14.5 Å². The molecular weight excluding hydrogens is 420 g/mol. The summed E-state index contributed by atoms with van der Waals surface area (Å²) in [7, 11) is 0. The second-order valence-electron chi connectivity index (χ2n) is 6.89. The Bertz CT molecular complexity index is 1130. The van der Waals surface area contributed by atoms with Crippen LogP contribution >= 0.6 is 22.9 Å². The van der Waals surface area contributed by atoms with Crippen LogP contribution in [0.15, 0.2) is 41.3 Å². The fraction of sp³-hybridized carbons (Fsp3) is 0.318. The van der Waals surface area contributed by atoms with Gasteiger partial charge in [0.15, 0.2) is 5.78 Å². The number of unbranched alkanes of at least 4 members (excludes halogenated alkanes) is 2. The summed E-state index contributed by atoms with van der Waals surface area (Å²) in [4.78, 5) is 34.7. The molecule has 0 aliphatic carbocycles. The molecule has 0 aliphatic heterocycles. The number of Topliss-reactive ketones (excluding diaryl/α,β-unsaturated/α-hetero) is 1. The lowest BCUT2D eigenvalue weighted by atomic mass is 10.1. The number of nitrogens with zero attached hydrogens (tertiary/aromatic N) is 4. The van der Waals surface area contributed by atoms with Gasteiger partial charge in [0.1, 0.15) is 21.8 Å². The number of ketones is 1. The minimum atomic E-state index is -0.258. The summed E-state index contributed by atoms with van der Waals surface area (Å²) in [6.45, 7) is 2.05. The van der Waals surface area contributed by atoms with Crippen molar-refractivity contribution in [3.05, 3.63) is 67.6 Å². The summed E-state index contributed by atoms with van der Waals surface area (Å²) in [5.74, 6) is 0.458. The van der Waals surface area contributed by atoms with E-state index in [-0.39, 0.29) is 24.3 Å². The molecule has 2 aromatic heterocycles. The van der Waals surface area contributed by atoms with Gasteiger partial charge >= 0.3 is 0 Å². The molecule has 0 amide bonds. The van der Waals surface area contributed by atoms with Crippen LogP contribution < -0.4 is 5.56 Å². The quantitative estimate of drug-likeness (QED) is 0.459. The average Bonchev–Trinajstić information content (AvgIpc) is 3.18. The van der Waals surface area contributed by atoms with Crippen molar-refractivity contribution in [2.24, 2.45) is 0 Å². The second-order valence-corrected chi connectivity index (χ2v) is 8.44. The van der Waals surface area contributed by atoms with Crippen LogP contribution in [-0.4, -0.2) is 20.3 Å². The zero-order chi connectivity index (χ0) is 21.5. The Balaban J connectivity index is 1.87. The van der Waals surface area contributed by atoms with E-state index < -0.39 is 0 Å². The number of aryl methyl sites for hydroxylation is 1. The van der Waals surface area contributed by atoms with E-state index in [9.17, 15) is 9.59 Å². The van der Waals surface area contributed by atoms with E-state index in [1.807, 2.05) is 18.2 Å². The van der Waals surface area contributed by atoms with Crippen molar-refractivity contribution < 1.29 is 4.79 Å². The van der Waals surface area contributed by atoms with Gasteiger partial charge in [-0.1, -0.05) is 43.5 Å². The van der Waals surface area contributed by atoms with E-state index in [1.54, 1.807) is 12.1 Å². The molecule has 0 unspecified atom stereocenters. The molecular formula is C22H21ClN4O2S. The molecule has 0 aliphatic rings. The van der Waals surface area contributed by atoms with Gasteiger partial charge in [-0.2, -0.15) is 5.26 Å². The van der Waals surface area contributed by atoms with Gasteiger partial charge in [-0.05, 0) is 18.6 Å². The fourth-order valence-corrected chi connectivity index (χ4v) is 3.93. The number of carbonyl (C=O) groups is 1. The number of nitriles is 1. The van der Waals surface area contributed by atoms with Crippen LogP contribution in [0.25, 0.3) is 11.3 Å². The molecule has 0 saturated heterocycles. The first-order chi connectivity index (χ1) is 14.5. The summed E-state index contributed by atoms with van der Waals surface area (Å²) < 4.78 is 1.45. The largest absolute Gasteiger partial charge is 0.297 e. The maximum Gasteiger partial charge on any atom is 0.254 e. The van der Waals surface area contributed by atoms with Crippen LogP contribution in [0.5, 0.6) is 0 Å². The third-order valence-corrected chi connectivity index (χ3v) is 5.73. The zero-order valence-corrected chi connectivity index (χ0v) is 18.2. The summed E-state index contributed by atoms with van der Waals surface area (Å²) in [6.07, 6.45) is 5.12. The Labute approximate surface area is 183 Å². The molecule has 6 nitrogen and oxygen atoms in total. The highest BCUT2D eigenvalue weighted by Gasteiger charge is 2.15. The van der Waals surface area contributed by atoms with Gasteiger partial charge in [0, 0.05) is 23.1 Å². The molecule has 0 fully saturated rings. The van der Waals surface area contributed by atoms with Crippen LogP contribution in [-0.2, 0) is 24.2 Å². The number of rotatable bonds is 9. The van der Waals surface area contributed by atoms with Crippen molar-refractivity contribution in [2.45, 2.75) is 45.6 Å². The molecule has 30 heavy (non-hydrogen) atoms. The van der Waals surface area contributed by atoms with E-state index in [0.717, 1.165) is 24.8 Å². The summed E-state index contributed by atoms with van der Waals surface area (Å²) in [6, 6.07) is 10.6. The van der Waals surface area contributed by atoms with E-state index in [4.69, 9.17) is 21.8 Å². The van der Waals surface area contributed by atoms with Crippen molar-refractivity contribution in [3.63, 3.8) is 0 Å². The van der Waals surface area contributed by atoms with Crippen molar-refractivity contribution in [1.29, 1.82) is 5.26 Å². The molecule has 2 heterocycles. The third-order valence-electron chi connectivity index (χ3n) is 4.58. The number of aromatic nitrogens is 3. The van der Waals surface area contributed by atoms with E-state index in [1.165, 1.54) is 28.2 Å². The molecule has 0 N–H and O–H groups in total. The van der Waals surface area contributed by atoms with Gasteiger partial charge < -0.3 is 0 Å². The second kappa shape index (κ2) is 10.3. The van der Waals surface area contributed by atoms with Crippen molar-refractivity contribution >= 4 is 28.7 Å². The van der Waals surface area contributed by atoms with Crippen LogP contribution in [0.4, 0.5) is 0 Å². The predicted molar refractivity (Wildman–Crippen MR) is 118 cm³/mol. The topological polar surface area (TPSA) is 88.6 Å². The van der Waals surface area contributed by atoms with Crippen LogP contribution in [0.1, 0.15) is 41.9 Å². The number of carbonyl (C=O) groups excluding carboxylic acids is 1. The SMILES string of the molecule is CCCCCc1nc(-c2ccc(Cl)cc2)cc(=O)n1CC(=O)Cc1ncc(C#N)s1. The van der Waals surface area contributed by atoms with Gasteiger partial charge in [0.2, 0.25) is 0 Å². The lowest BCUT2D eigenvalue weighted by Gasteiger charge is -2.13. The number of benzene rings is 1.